The van der Waals surface area contributed by atoms with Crippen molar-refractivity contribution in [3.05, 3.63) is 17.0 Å². The highest BCUT2D eigenvalue weighted by Crippen LogP contribution is 2.25. The fraction of sp³-hybridized carbons (Fsp3) is 0.750. The van der Waals surface area contributed by atoms with Crippen LogP contribution in [0.25, 0.3) is 0 Å². The standard InChI is InChI=1S/C16H26ClN3O2/c1-4-6-7-11(3)16-21-8-12(9-22-16)20-15-14(17)13(5-2)18-10-19-15/h10-12,16H,4-9H2,1-3H3,(H,18,19,20). The molecular formula is C16H26ClN3O2. The van der Waals surface area contributed by atoms with Crippen molar-refractivity contribution >= 4 is 17.4 Å². The van der Waals surface area contributed by atoms with E-state index in [0.29, 0.717) is 30.0 Å². The molecule has 22 heavy (non-hydrogen) atoms. The van der Waals surface area contributed by atoms with Crippen molar-refractivity contribution in [3.63, 3.8) is 0 Å². The van der Waals surface area contributed by atoms with Crippen molar-refractivity contribution in [2.75, 3.05) is 18.5 Å². The van der Waals surface area contributed by atoms with Gasteiger partial charge in [0.25, 0.3) is 0 Å². The second-order valence-electron chi connectivity index (χ2n) is 5.83. The van der Waals surface area contributed by atoms with Gasteiger partial charge in [-0.2, -0.15) is 0 Å². The summed E-state index contributed by atoms with van der Waals surface area (Å²) in [6, 6.07) is 0.0618. The van der Waals surface area contributed by atoms with Gasteiger partial charge in [-0.05, 0) is 12.8 Å². The zero-order valence-corrected chi connectivity index (χ0v) is 14.4. The van der Waals surface area contributed by atoms with Gasteiger partial charge in [0.1, 0.15) is 17.2 Å². The van der Waals surface area contributed by atoms with E-state index < -0.39 is 0 Å². The van der Waals surface area contributed by atoms with Crippen LogP contribution in [0.15, 0.2) is 6.33 Å². The number of halogens is 1. The van der Waals surface area contributed by atoms with E-state index >= 15 is 0 Å². The number of aromatic nitrogens is 2. The number of anilines is 1. The Bertz CT molecular complexity index is 465. The molecule has 1 aromatic heterocycles. The van der Waals surface area contributed by atoms with Crippen LogP contribution in [0.1, 0.15) is 45.7 Å². The Labute approximate surface area is 137 Å². The first-order valence-electron chi connectivity index (χ1n) is 8.14. The molecule has 1 atom stereocenters. The minimum absolute atomic E-state index is 0.0618. The average molecular weight is 328 g/mol. The third kappa shape index (κ3) is 4.54. The van der Waals surface area contributed by atoms with Gasteiger partial charge in [0.05, 0.1) is 24.9 Å². The molecule has 124 valence electrons. The third-order valence-corrected chi connectivity index (χ3v) is 4.34. The Kier molecular flexibility index (Phi) is 6.86. The van der Waals surface area contributed by atoms with Crippen LogP contribution in [0, 0.1) is 5.92 Å². The lowest BCUT2D eigenvalue weighted by Gasteiger charge is -2.33. The topological polar surface area (TPSA) is 56.3 Å². The van der Waals surface area contributed by atoms with Crippen molar-refractivity contribution in [3.8, 4) is 0 Å². The highest BCUT2D eigenvalue weighted by Gasteiger charge is 2.27. The molecule has 1 fully saturated rings. The highest BCUT2D eigenvalue weighted by molar-refractivity contribution is 6.33. The molecular weight excluding hydrogens is 302 g/mol. The molecule has 0 radical (unpaired) electrons. The average Bonchev–Trinajstić information content (AvgIpc) is 2.55. The molecule has 1 aliphatic rings. The molecule has 1 saturated heterocycles. The Morgan fingerprint density at radius 3 is 2.68 bits per heavy atom. The second-order valence-corrected chi connectivity index (χ2v) is 6.21. The fourth-order valence-electron chi connectivity index (χ4n) is 2.54. The van der Waals surface area contributed by atoms with Gasteiger partial charge in [-0.1, -0.05) is 45.2 Å². The predicted molar refractivity (Wildman–Crippen MR) is 88.2 cm³/mol. The maximum atomic E-state index is 6.30. The van der Waals surface area contributed by atoms with E-state index in [1.165, 1.54) is 19.2 Å². The van der Waals surface area contributed by atoms with Gasteiger partial charge in [0, 0.05) is 5.92 Å². The summed E-state index contributed by atoms with van der Waals surface area (Å²) in [5.74, 6) is 1.08. The number of hydrogen-bond acceptors (Lipinski definition) is 5. The highest BCUT2D eigenvalue weighted by atomic mass is 35.5. The van der Waals surface area contributed by atoms with E-state index in [9.17, 15) is 0 Å². The molecule has 1 N–H and O–H groups in total. The molecule has 1 aliphatic heterocycles. The minimum Gasteiger partial charge on any atom is -0.361 e. The summed E-state index contributed by atoms with van der Waals surface area (Å²) in [7, 11) is 0. The van der Waals surface area contributed by atoms with Crippen molar-refractivity contribution in [2.45, 2.75) is 58.8 Å². The van der Waals surface area contributed by atoms with Crippen molar-refractivity contribution in [1.82, 2.24) is 9.97 Å². The SMILES string of the molecule is CCCCC(C)C1OCC(Nc2ncnc(CC)c2Cl)CO1. The molecule has 2 heterocycles. The van der Waals surface area contributed by atoms with E-state index in [-0.39, 0.29) is 12.3 Å². The van der Waals surface area contributed by atoms with Crippen LogP contribution in [0.4, 0.5) is 5.82 Å². The summed E-state index contributed by atoms with van der Waals surface area (Å²) in [5, 5.41) is 3.88. The normalized spacial score (nSPS) is 23.3. The Hall–Kier alpha value is -0.910. The summed E-state index contributed by atoms with van der Waals surface area (Å²) >= 11 is 6.30. The Morgan fingerprint density at radius 2 is 2.05 bits per heavy atom. The lowest BCUT2D eigenvalue weighted by molar-refractivity contribution is -0.206. The smallest absolute Gasteiger partial charge is 0.160 e. The lowest BCUT2D eigenvalue weighted by atomic mass is 10.0. The molecule has 5 nitrogen and oxygen atoms in total. The molecule has 1 aromatic rings. The van der Waals surface area contributed by atoms with Crippen molar-refractivity contribution in [1.29, 1.82) is 0 Å². The van der Waals surface area contributed by atoms with Gasteiger partial charge in [0.15, 0.2) is 6.29 Å². The zero-order valence-electron chi connectivity index (χ0n) is 13.6. The second kappa shape index (κ2) is 8.65. The third-order valence-electron chi connectivity index (χ3n) is 3.94. The van der Waals surface area contributed by atoms with E-state index in [1.807, 2.05) is 6.92 Å². The summed E-state index contributed by atoms with van der Waals surface area (Å²) < 4.78 is 11.7. The molecule has 0 spiro atoms. The van der Waals surface area contributed by atoms with Crippen LogP contribution < -0.4 is 5.32 Å². The molecule has 0 saturated carbocycles. The lowest BCUT2D eigenvalue weighted by Crippen LogP contribution is -2.43. The molecule has 6 heteroatoms. The van der Waals surface area contributed by atoms with Gasteiger partial charge < -0.3 is 14.8 Å². The van der Waals surface area contributed by atoms with E-state index in [1.54, 1.807) is 0 Å². The molecule has 1 unspecified atom stereocenters. The Balaban J connectivity index is 1.85. The summed E-state index contributed by atoms with van der Waals surface area (Å²) in [6.45, 7) is 7.60. The van der Waals surface area contributed by atoms with Gasteiger partial charge in [0.2, 0.25) is 0 Å². The van der Waals surface area contributed by atoms with Gasteiger partial charge in [-0.3, -0.25) is 0 Å². The molecule has 2 rings (SSSR count). The number of aryl methyl sites for hydroxylation is 1. The van der Waals surface area contributed by atoms with Crippen LogP contribution in [0.2, 0.25) is 5.02 Å². The number of rotatable bonds is 7. The fourth-order valence-corrected chi connectivity index (χ4v) is 2.82. The van der Waals surface area contributed by atoms with E-state index in [2.05, 4.69) is 29.1 Å². The number of hydrogen-bond donors (Lipinski definition) is 1. The number of ether oxygens (including phenoxy) is 2. The van der Waals surface area contributed by atoms with Crippen LogP contribution >= 0.6 is 11.6 Å². The first kappa shape index (κ1) is 17.4. The number of nitrogens with one attached hydrogen (secondary N) is 1. The summed E-state index contributed by atoms with van der Waals surface area (Å²) in [4.78, 5) is 8.38. The van der Waals surface area contributed by atoms with Crippen LogP contribution in [-0.4, -0.2) is 35.5 Å². The minimum atomic E-state index is -0.100. The van der Waals surface area contributed by atoms with Gasteiger partial charge in [-0.15, -0.1) is 0 Å². The maximum absolute atomic E-state index is 6.30. The van der Waals surface area contributed by atoms with Crippen LogP contribution in [-0.2, 0) is 15.9 Å². The van der Waals surface area contributed by atoms with Gasteiger partial charge >= 0.3 is 0 Å². The Morgan fingerprint density at radius 1 is 1.32 bits per heavy atom. The largest absolute Gasteiger partial charge is 0.361 e. The van der Waals surface area contributed by atoms with Crippen molar-refractivity contribution in [2.24, 2.45) is 5.92 Å². The molecule has 0 bridgehead atoms. The number of nitrogens with zero attached hydrogens (tertiary/aromatic N) is 2. The first-order chi connectivity index (χ1) is 10.7. The predicted octanol–water partition coefficient (Wildman–Crippen LogP) is 3.67. The quantitative estimate of drug-likeness (QED) is 0.828. The van der Waals surface area contributed by atoms with Crippen molar-refractivity contribution < 1.29 is 9.47 Å². The first-order valence-corrected chi connectivity index (χ1v) is 8.52. The van der Waals surface area contributed by atoms with E-state index in [0.717, 1.165) is 18.5 Å². The molecule has 0 aromatic carbocycles. The summed E-state index contributed by atoms with van der Waals surface area (Å²) in [6.07, 6.45) is 5.77. The van der Waals surface area contributed by atoms with Gasteiger partial charge in [-0.25, -0.2) is 9.97 Å². The molecule has 0 amide bonds. The zero-order chi connectivity index (χ0) is 15.9. The molecule has 0 aliphatic carbocycles. The van der Waals surface area contributed by atoms with Crippen LogP contribution in [0.5, 0.6) is 0 Å². The van der Waals surface area contributed by atoms with Crippen LogP contribution in [0.3, 0.4) is 0 Å². The monoisotopic (exact) mass is 327 g/mol. The summed E-state index contributed by atoms with van der Waals surface area (Å²) in [5.41, 5.74) is 0.850. The number of unbranched alkanes of at least 4 members (excludes halogenated alkanes) is 1. The van der Waals surface area contributed by atoms with E-state index in [4.69, 9.17) is 21.1 Å². The maximum Gasteiger partial charge on any atom is 0.160 e.